The Kier molecular flexibility index (Phi) is 47.8. The van der Waals surface area contributed by atoms with Crippen molar-refractivity contribution in [1.82, 2.24) is 0 Å². The van der Waals surface area contributed by atoms with Gasteiger partial charge in [-0.25, -0.2) is 0 Å². The molecule has 0 heterocycles. The molecule has 6 fully saturated rings. The lowest BCUT2D eigenvalue weighted by molar-refractivity contribution is -0.231. The van der Waals surface area contributed by atoms with Crippen LogP contribution >= 0.6 is 0 Å². The number of aliphatic hydroxyl groups is 3. The van der Waals surface area contributed by atoms with Crippen molar-refractivity contribution in [2.45, 2.75) is 224 Å². The number of Topliss-reactive ketones (excluding diaryl/α,β-unsaturated/α-hetero) is 2. The zero-order chi connectivity index (χ0) is 72.0. The summed E-state index contributed by atoms with van der Waals surface area (Å²) in [6, 6.07) is 23.6. The number of hydrogen-bond acceptors (Lipinski definition) is 12. The van der Waals surface area contributed by atoms with Crippen molar-refractivity contribution >= 4 is 255 Å². The second kappa shape index (κ2) is 49.9. The van der Waals surface area contributed by atoms with E-state index in [9.17, 15) is 24.9 Å². The molecular formula is C64H106O10S26Si. The highest BCUT2D eigenvalue weighted by Crippen LogP contribution is 2.70. The van der Waals surface area contributed by atoms with Gasteiger partial charge in [0.1, 0.15) is 25.2 Å². The van der Waals surface area contributed by atoms with E-state index in [2.05, 4.69) is 88.3 Å². The fraction of sp³-hybridized carbons (Fsp3) is 0.781. The Morgan fingerprint density at radius 1 is 0.485 bits per heavy atom. The van der Waals surface area contributed by atoms with Gasteiger partial charge in [0.2, 0.25) is 0 Å². The molecule has 6 aliphatic carbocycles. The zero-order valence-electron chi connectivity index (χ0n) is 57.7. The van der Waals surface area contributed by atoms with Gasteiger partial charge in [-0.1, -0.05) is 152 Å². The van der Waals surface area contributed by atoms with Gasteiger partial charge in [-0.2, -0.15) is 0 Å². The minimum Gasteiger partial charge on any atom is -0.417 e. The van der Waals surface area contributed by atoms with E-state index in [-0.39, 0.29) is 110 Å². The third-order valence-corrected chi connectivity index (χ3v) is 78.9. The molecule has 0 saturated heterocycles. The smallest absolute Gasteiger partial charge is 0.191 e. The summed E-state index contributed by atoms with van der Waals surface area (Å²) in [7, 11) is 40.0. The Balaban J connectivity index is 0.000000326. The molecule has 10 nitrogen and oxygen atoms in total. The molecule has 101 heavy (non-hydrogen) atoms. The molecule has 2 unspecified atom stereocenters. The molecule has 0 aromatic heterocycles. The Bertz CT molecular complexity index is 4070. The van der Waals surface area contributed by atoms with Gasteiger partial charge in [-0.15, -0.1) is 0 Å². The van der Waals surface area contributed by atoms with Crippen LogP contribution in [0.4, 0.5) is 0 Å². The van der Waals surface area contributed by atoms with Gasteiger partial charge < -0.3 is 38.7 Å². The molecule has 0 spiro atoms. The number of carbonyl (C=O) groups excluding carboxylic acids is 2. The predicted molar refractivity (Wildman–Crippen MR) is 495 cm³/mol. The minimum atomic E-state index is -1.78. The molecule has 582 valence electrons. The molecule has 0 aliphatic heterocycles. The van der Waals surface area contributed by atoms with Gasteiger partial charge in [0.05, 0.1) is 37.6 Å². The van der Waals surface area contributed by atoms with E-state index < -0.39 is 31.4 Å². The standard InChI is InChI=1S/C34H56O5Si.C28H42O5.2CH4.S26/c1-8-32(6)21-29(36)33(7)27(23-39-40(9-2,10-3)11-4)17-19-34(20-18-28(35)30(33)34)25(5)31(32)38-24-37-22-26-15-13-12-14-16-26;1-5-26(3)15-23(31)27(4)21(16-29)11-13-28(14-12-22(30)24(27)28)19(2)25(26)33-18-32-17-20-9-7-6-8-10-20;;;1-3-5-7-9-11-13-15-17-19-21-23-25-26-24-22-20-18-16-14-12-10-8-6-4-2/h12-16,25,27,29-31,36H,8-11,17-24H2,1-7H3;6-10,19,21,23-25,29,31H,5,11-18H2,1-4H3;2*1H4;/t25-,27-,29+,30?,31-,32+,33-,34-;19-,21-,23+,24?,25-,26+,27-,28-;;;/m00.../s1. The fourth-order valence-corrected chi connectivity index (χ4v) is 80.4. The highest BCUT2D eigenvalue weighted by Gasteiger charge is 2.70. The first-order valence-electron chi connectivity index (χ1n) is 33.1. The number of carbonyl (C=O) groups is 2. The van der Waals surface area contributed by atoms with E-state index in [1.807, 2.05) is 120 Å². The van der Waals surface area contributed by atoms with Crippen molar-refractivity contribution in [3.63, 3.8) is 0 Å². The number of rotatable bonds is 19. The molecule has 16 atom stereocenters. The summed E-state index contributed by atoms with van der Waals surface area (Å²) < 4.78 is 32.0. The van der Waals surface area contributed by atoms with Crippen LogP contribution in [0.5, 0.6) is 0 Å². The lowest BCUT2D eigenvalue weighted by atomic mass is 9.43. The van der Waals surface area contributed by atoms with E-state index in [1.165, 1.54) is 17.8 Å². The van der Waals surface area contributed by atoms with Gasteiger partial charge in [0.25, 0.3) is 0 Å². The SMILES string of the molecule is C.C.CC[C@]1(C)C[C@@H](O)[C@@]2(C)C3C(=O)CC[C@@]3(CC[C@H]2CO)[C@@H](C)[C@@H]1OCOCc1ccccc1.CC[C@]1(C)C[C@@H](O)[C@@]2(C)C3C(=O)CC[C@@]3(CC[C@H]2CO[Si](CC)(CC)CC)[C@@H](C)[C@@H]1OCOCc1ccccc1.S=S=S=S=S=S=S=S=S=S=S=S=S=S=S=S=S=S=S=S=S=S=S=S=S=S. The summed E-state index contributed by atoms with van der Waals surface area (Å²) in [5, 5.41) is 34.1. The maximum atomic E-state index is 13.8. The van der Waals surface area contributed by atoms with E-state index in [0.29, 0.717) is 51.3 Å². The number of hydrogen-bond donors (Lipinski definition) is 3. The molecule has 2 aromatic rings. The Labute approximate surface area is 684 Å². The van der Waals surface area contributed by atoms with Gasteiger partial charge in [0.15, 0.2) is 8.32 Å². The summed E-state index contributed by atoms with van der Waals surface area (Å²) in [5.74, 6) is 0.739. The number of benzene rings is 2. The first-order chi connectivity index (χ1) is 47.7. The molecular weight excluding hydrogens is 1790 g/mol. The number of aliphatic hydroxyl groups excluding tert-OH is 3. The molecule has 3 N–H and O–H groups in total. The van der Waals surface area contributed by atoms with Crippen molar-refractivity contribution in [2.24, 2.45) is 68.0 Å². The quantitative estimate of drug-likeness (QED) is 0.0700. The van der Waals surface area contributed by atoms with Crippen molar-refractivity contribution in [3.05, 3.63) is 71.8 Å². The van der Waals surface area contributed by atoms with Crippen LogP contribution < -0.4 is 0 Å². The van der Waals surface area contributed by atoms with E-state index in [4.69, 9.17) is 45.7 Å². The van der Waals surface area contributed by atoms with Crippen LogP contribution in [-0.4, -0.2) is 86.4 Å². The maximum absolute atomic E-state index is 13.8. The van der Waals surface area contributed by atoms with Crippen molar-refractivity contribution in [2.75, 3.05) is 26.8 Å². The van der Waals surface area contributed by atoms with Crippen LogP contribution in [0.2, 0.25) is 18.1 Å². The first-order valence-corrected chi connectivity index (χ1v) is 68.9. The molecule has 0 amide bonds. The molecule has 8 rings (SSSR count). The second-order valence-corrected chi connectivity index (χ2v) is 74.2. The molecule has 0 radical (unpaired) electrons. The van der Waals surface area contributed by atoms with E-state index >= 15 is 0 Å². The average Bonchev–Trinajstić information content (AvgIpc) is 1.66. The monoisotopic (exact) mass is 1890 g/mol. The fourth-order valence-electron chi connectivity index (χ4n) is 17.3. The van der Waals surface area contributed by atoms with Gasteiger partial charge in [-0.05, 0) is 139 Å². The van der Waals surface area contributed by atoms with Crippen LogP contribution in [0.25, 0.3) is 0 Å². The highest BCUT2D eigenvalue weighted by molar-refractivity contribution is 8.79. The summed E-state index contributed by atoms with van der Waals surface area (Å²) in [6.45, 7) is 26.8. The van der Waals surface area contributed by atoms with E-state index in [0.717, 1.165) is 80.6 Å². The minimum absolute atomic E-state index is 0. The van der Waals surface area contributed by atoms with Crippen LogP contribution in [0.3, 0.4) is 0 Å². The van der Waals surface area contributed by atoms with E-state index in [1.54, 1.807) is 124 Å². The van der Waals surface area contributed by atoms with Gasteiger partial charge in [-0.3, -0.25) is 9.59 Å². The topological polar surface area (TPSA) is 141 Å². The molecule has 37 heteroatoms. The van der Waals surface area contributed by atoms with Gasteiger partial charge >= 0.3 is 0 Å². The summed E-state index contributed by atoms with van der Waals surface area (Å²) in [5.41, 5.74) is 0.329. The van der Waals surface area contributed by atoms with Crippen molar-refractivity contribution in [1.29, 1.82) is 0 Å². The third kappa shape index (κ3) is 26.2. The third-order valence-electron chi connectivity index (χ3n) is 23.1. The lowest BCUT2D eigenvalue weighted by Crippen LogP contribution is -2.64. The zero-order valence-corrected chi connectivity index (χ0v) is 79.9. The van der Waals surface area contributed by atoms with Crippen LogP contribution in [-0.2, 0) is 282 Å². The largest absolute Gasteiger partial charge is 0.417 e. The Morgan fingerprint density at radius 2 is 0.802 bits per heavy atom. The highest BCUT2D eigenvalue weighted by atomic mass is 33.5. The number of ketones is 2. The predicted octanol–water partition coefficient (Wildman–Crippen LogP) is 13.7. The normalized spacial score (nSPS) is 31.1. The Hall–Kier alpha value is 3.40. The van der Waals surface area contributed by atoms with Crippen LogP contribution in [0.1, 0.15) is 179 Å². The van der Waals surface area contributed by atoms with Crippen LogP contribution in [0.15, 0.2) is 60.7 Å². The maximum Gasteiger partial charge on any atom is 0.191 e. The first kappa shape index (κ1) is 96.8. The van der Waals surface area contributed by atoms with Gasteiger partial charge in [0, 0.05) is 284 Å². The number of ether oxygens (including phenoxy) is 4. The second-order valence-electron chi connectivity index (χ2n) is 26.9. The van der Waals surface area contributed by atoms with Crippen LogP contribution in [0, 0.1) is 68.0 Å². The summed E-state index contributed by atoms with van der Waals surface area (Å²) in [4.78, 5) is 27.2. The molecule has 4 bridgehead atoms. The molecule has 6 aliphatic rings. The average molecular weight is 1900 g/mol. The van der Waals surface area contributed by atoms with Crippen molar-refractivity contribution < 1.29 is 48.3 Å². The summed E-state index contributed by atoms with van der Waals surface area (Å²) in [6.07, 6.45) is 8.20. The molecule has 6 saturated carbocycles. The van der Waals surface area contributed by atoms with Crippen molar-refractivity contribution in [3.8, 4) is 0 Å². The summed E-state index contributed by atoms with van der Waals surface area (Å²) >= 11 is 9.55. The Morgan fingerprint density at radius 3 is 1.11 bits per heavy atom. The lowest BCUT2D eigenvalue weighted by Gasteiger charge is -2.62. The molecule has 2 aromatic carbocycles.